The minimum absolute atomic E-state index is 0.251. The molecular formula is C18H34INO. The zero-order chi connectivity index (χ0) is 15.6. The Kier molecular flexibility index (Phi) is 9.94. The molecule has 2 nitrogen and oxygen atoms in total. The number of rotatable bonds is 5. The van der Waals surface area contributed by atoms with Crippen LogP contribution in [-0.2, 0) is 4.79 Å². The van der Waals surface area contributed by atoms with E-state index in [1.807, 2.05) is 22.9 Å². The minimum atomic E-state index is 0.251. The lowest BCUT2D eigenvalue weighted by molar-refractivity contribution is -0.123. The first-order valence-corrected chi connectivity index (χ1v) is 10.1. The van der Waals surface area contributed by atoms with Gasteiger partial charge in [0, 0.05) is 5.92 Å². The number of hydrogen-bond donors (Lipinski definition) is 1. The smallest absolute Gasteiger partial charge is 0.231 e. The number of amides is 1. The standard InChI is InChI=1S/C18H34INO/c1-3-4-8-13-18(2)14-9-5-6-11-16(17(21)20-19)12-7-10-15-18/h16H,3-15H2,1-2H3,(H,20,21). The molecule has 3 heteroatoms. The Hall–Kier alpha value is 0.200. The molecule has 124 valence electrons. The van der Waals surface area contributed by atoms with E-state index < -0.39 is 0 Å². The van der Waals surface area contributed by atoms with Crippen molar-refractivity contribution >= 4 is 28.8 Å². The molecule has 0 aromatic rings. The van der Waals surface area contributed by atoms with Crippen molar-refractivity contribution in [3.63, 3.8) is 0 Å². The second kappa shape index (κ2) is 10.8. The lowest BCUT2D eigenvalue weighted by atomic mass is 9.76. The van der Waals surface area contributed by atoms with Crippen LogP contribution in [0.25, 0.3) is 0 Å². The predicted molar refractivity (Wildman–Crippen MR) is 99.5 cm³/mol. The SMILES string of the molecule is CCCCCC1(C)CCCCCC(C(=O)NI)CCCC1. The van der Waals surface area contributed by atoms with Crippen molar-refractivity contribution in [1.82, 2.24) is 3.53 Å². The fourth-order valence-electron chi connectivity index (χ4n) is 3.72. The number of unbranched alkanes of at least 4 members (excludes halogenated alkanes) is 2. The summed E-state index contributed by atoms with van der Waals surface area (Å²) in [6.45, 7) is 4.80. The van der Waals surface area contributed by atoms with Gasteiger partial charge in [-0.15, -0.1) is 0 Å². The molecule has 2 atom stereocenters. The third kappa shape index (κ3) is 7.85. The highest BCUT2D eigenvalue weighted by atomic mass is 127. The van der Waals surface area contributed by atoms with Crippen LogP contribution in [0.4, 0.5) is 0 Å². The van der Waals surface area contributed by atoms with E-state index in [9.17, 15) is 4.79 Å². The highest BCUT2D eigenvalue weighted by Crippen LogP contribution is 2.37. The molecule has 1 saturated carbocycles. The van der Waals surface area contributed by atoms with Gasteiger partial charge >= 0.3 is 0 Å². The summed E-state index contributed by atoms with van der Waals surface area (Å²) in [5.74, 6) is 0.506. The zero-order valence-corrected chi connectivity index (χ0v) is 16.2. The fraction of sp³-hybridized carbons (Fsp3) is 0.944. The van der Waals surface area contributed by atoms with Crippen LogP contribution in [0.1, 0.15) is 97.3 Å². The molecule has 0 aromatic carbocycles. The monoisotopic (exact) mass is 407 g/mol. The van der Waals surface area contributed by atoms with Crippen LogP contribution in [0.3, 0.4) is 0 Å². The molecule has 0 aliphatic heterocycles. The lowest BCUT2D eigenvalue weighted by Gasteiger charge is -2.30. The van der Waals surface area contributed by atoms with E-state index in [-0.39, 0.29) is 11.8 Å². The molecule has 2 unspecified atom stereocenters. The van der Waals surface area contributed by atoms with Gasteiger partial charge in [-0.2, -0.15) is 0 Å². The van der Waals surface area contributed by atoms with E-state index in [2.05, 4.69) is 17.4 Å². The highest BCUT2D eigenvalue weighted by Gasteiger charge is 2.24. The predicted octanol–water partition coefficient (Wildman–Crippen LogP) is 6.18. The average Bonchev–Trinajstić information content (AvgIpc) is 2.52. The second-order valence-electron chi connectivity index (χ2n) is 7.27. The van der Waals surface area contributed by atoms with Gasteiger partial charge in [-0.25, -0.2) is 0 Å². The number of carbonyl (C=O) groups is 1. The maximum atomic E-state index is 11.9. The molecule has 0 spiro atoms. The van der Waals surface area contributed by atoms with Gasteiger partial charge in [-0.1, -0.05) is 65.2 Å². The summed E-state index contributed by atoms with van der Waals surface area (Å²) >= 11 is 1.99. The average molecular weight is 407 g/mol. The van der Waals surface area contributed by atoms with Crippen LogP contribution in [0.15, 0.2) is 0 Å². The molecule has 0 saturated heterocycles. The molecule has 1 N–H and O–H groups in total. The highest BCUT2D eigenvalue weighted by molar-refractivity contribution is 14.1. The zero-order valence-electron chi connectivity index (χ0n) is 14.1. The third-order valence-corrected chi connectivity index (χ3v) is 5.80. The summed E-state index contributed by atoms with van der Waals surface area (Å²) in [5.41, 5.74) is 0.556. The van der Waals surface area contributed by atoms with Gasteiger partial charge in [-0.05, 0) is 37.5 Å². The molecular weight excluding hydrogens is 373 g/mol. The Balaban J connectivity index is 2.48. The first-order chi connectivity index (χ1) is 10.1. The Morgan fingerprint density at radius 3 is 2.33 bits per heavy atom. The van der Waals surface area contributed by atoms with E-state index in [1.165, 1.54) is 70.6 Å². The molecule has 1 amide bonds. The van der Waals surface area contributed by atoms with Crippen LogP contribution in [-0.4, -0.2) is 5.91 Å². The first kappa shape index (κ1) is 19.2. The van der Waals surface area contributed by atoms with E-state index in [0.29, 0.717) is 5.41 Å². The van der Waals surface area contributed by atoms with E-state index in [0.717, 1.165) is 12.8 Å². The molecule has 21 heavy (non-hydrogen) atoms. The van der Waals surface area contributed by atoms with Crippen molar-refractivity contribution < 1.29 is 4.79 Å². The number of hydrogen-bond acceptors (Lipinski definition) is 1. The minimum Gasteiger partial charge on any atom is -0.299 e. The first-order valence-electron chi connectivity index (χ1n) is 9.02. The van der Waals surface area contributed by atoms with Gasteiger partial charge in [0.1, 0.15) is 0 Å². The maximum Gasteiger partial charge on any atom is 0.231 e. The van der Waals surface area contributed by atoms with E-state index >= 15 is 0 Å². The maximum absolute atomic E-state index is 11.9. The van der Waals surface area contributed by atoms with E-state index in [1.54, 1.807) is 0 Å². The quantitative estimate of drug-likeness (QED) is 0.329. The van der Waals surface area contributed by atoms with Gasteiger partial charge in [0.2, 0.25) is 5.91 Å². The van der Waals surface area contributed by atoms with Crippen molar-refractivity contribution in [2.75, 3.05) is 0 Å². The van der Waals surface area contributed by atoms with Crippen LogP contribution in [0.5, 0.6) is 0 Å². The largest absolute Gasteiger partial charge is 0.299 e. The summed E-state index contributed by atoms with van der Waals surface area (Å²) in [6, 6.07) is 0. The Morgan fingerprint density at radius 2 is 1.71 bits per heavy atom. The van der Waals surface area contributed by atoms with Gasteiger partial charge in [-0.3, -0.25) is 8.32 Å². The van der Waals surface area contributed by atoms with Crippen molar-refractivity contribution in [1.29, 1.82) is 0 Å². The molecule has 0 aromatic heterocycles. The van der Waals surface area contributed by atoms with Crippen LogP contribution < -0.4 is 3.53 Å². The van der Waals surface area contributed by atoms with Crippen LogP contribution in [0.2, 0.25) is 0 Å². The van der Waals surface area contributed by atoms with Crippen molar-refractivity contribution in [3.8, 4) is 0 Å². The van der Waals surface area contributed by atoms with Crippen molar-refractivity contribution in [2.24, 2.45) is 11.3 Å². The molecule has 0 heterocycles. The van der Waals surface area contributed by atoms with Crippen LogP contribution >= 0.6 is 22.9 Å². The summed E-state index contributed by atoms with van der Waals surface area (Å²) in [6.07, 6.45) is 16.8. The molecule has 1 rings (SSSR count). The Bertz CT molecular complexity index is 295. The summed E-state index contributed by atoms with van der Waals surface area (Å²) < 4.78 is 2.82. The third-order valence-electron chi connectivity index (χ3n) is 5.26. The fourth-order valence-corrected chi connectivity index (χ4v) is 4.16. The number of halogens is 1. The van der Waals surface area contributed by atoms with Gasteiger partial charge in [0.05, 0.1) is 22.9 Å². The molecule has 1 fully saturated rings. The van der Waals surface area contributed by atoms with Crippen LogP contribution in [0, 0.1) is 11.3 Å². The molecule has 1 aliphatic rings. The van der Waals surface area contributed by atoms with Crippen molar-refractivity contribution in [2.45, 2.75) is 97.3 Å². The second-order valence-corrected chi connectivity index (χ2v) is 7.81. The number of nitrogens with one attached hydrogen (secondary N) is 1. The molecule has 1 aliphatic carbocycles. The van der Waals surface area contributed by atoms with Gasteiger partial charge < -0.3 is 0 Å². The Labute approximate surface area is 145 Å². The normalized spacial score (nSPS) is 28.6. The van der Waals surface area contributed by atoms with Gasteiger partial charge in [0.15, 0.2) is 0 Å². The summed E-state index contributed by atoms with van der Waals surface area (Å²) in [4.78, 5) is 11.9. The summed E-state index contributed by atoms with van der Waals surface area (Å²) in [5, 5.41) is 0. The molecule has 0 radical (unpaired) electrons. The van der Waals surface area contributed by atoms with Gasteiger partial charge in [0.25, 0.3) is 0 Å². The Morgan fingerprint density at radius 1 is 1.10 bits per heavy atom. The van der Waals surface area contributed by atoms with E-state index in [4.69, 9.17) is 0 Å². The van der Waals surface area contributed by atoms with Crippen molar-refractivity contribution in [3.05, 3.63) is 0 Å². The summed E-state index contributed by atoms with van der Waals surface area (Å²) in [7, 11) is 0. The molecule has 0 bridgehead atoms. The lowest BCUT2D eigenvalue weighted by Crippen LogP contribution is -2.23. The topological polar surface area (TPSA) is 29.1 Å². The number of carbonyl (C=O) groups excluding carboxylic acids is 1.